The van der Waals surface area contributed by atoms with Crippen LogP contribution in [0.5, 0.6) is 0 Å². The summed E-state index contributed by atoms with van der Waals surface area (Å²) in [6, 6.07) is 0. The molecule has 0 aromatic rings. The molecule has 1 aliphatic carbocycles. The Balaban J connectivity index is 2.43. The minimum atomic E-state index is -0.486. The summed E-state index contributed by atoms with van der Waals surface area (Å²) in [4.78, 5) is 0. The second-order valence-corrected chi connectivity index (χ2v) is 3.54. The molecule has 1 rings (SSSR count). The van der Waals surface area contributed by atoms with Crippen LogP contribution in [0.3, 0.4) is 0 Å². The van der Waals surface area contributed by atoms with E-state index in [-0.39, 0.29) is 5.92 Å². The molecular weight excluding hydrogens is 131 g/mol. The van der Waals surface area contributed by atoms with Crippen LogP contribution in [0.15, 0.2) is 0 Å². The van der Waals surface area contributed by atoms with E-state index in [4.69, 9.17) is 23.2 Å². The van der Waals surface area contributed by atoms with Gasteiger partial charge in [0, 0.05) is 0 Å². The predicted octanol–water partition coefficient (Wildman–Crippen LogP) is 2.40. The zero-order valence-corrected chi connectivity index (χ0v) is 5.47. The van der Waals surface area contributed by atoms with Crippen LogP contribution in [0.1, 0.15) is 12.8 Å². The van der Waals surface area contributed by atoms with Gasteiger partial charge in [-0.2, -0.15) is 0 Å². The lowest BCUT2D eigenvalue weighted by atomic mass is 9.86. The molecule has 2 heteroatoms. The van der Waals surface area contributed by atoms with Crippen molar-refractivity contribution in [2.75, 3.05) is 0 Å². The summed E-state index contributed by atoms with van der Waals surface area (Å²) in [7, 11) is 0. The lowest BCUT2D eigenvalue weighted by Crippen LogP contribution is -2.34. The van der Waals surface area contributed by atoms with Crippen LogP contribution in [-0.4, -0.2) is 4.33 Å². The largest absolute Gasteiger partial charge is 0.121 e. The van der Waals surface area contributed by atoms with E-state index in [1.807, 2.05) is 0 Å². The third-order valence-corrected chi connectivity index (χ3v) is 2.42. The van der Waals surface area contributed by atoms with Gasteiger partial charge in [-0.1, -0.05) is 0 Å². The zero-order valence-electron chi connectivity index (χ0n) is 3.95. The lowest BCUT2D eigenvalue weighted by molar-refractivity contribution is 0.353. The van der Waals surface area contributed by atoms with E-state index >= 15 is 0 Å². The van der Waals surface area contributed by atoms with Gasteiger partial charge in [0.1, 0.15) is 4.33 Å². The molecule has 1 radical (unpaired) electrons. The van der Waals surface area contributed by atoms with Gasteiger partial charge in [-0.25, -0.2) is 0 Å². The Hall–Kier alpha value is 0.580. The van der Waals surface area contributed by atoms with Crippen molar-refractivity contribution in [1.29, 1.82) is 0 Å². The van der Waals surface area contributed by atoms with Crippen LogP contribution < -0.4 is 0 Å². The monoisotopic (exact) mass is 137 g/mol. The molecule has 1 fully saturated rings. The molecule has 1 aliphatic rings. The lowest BCUT2D eigenvalue weighted by Gasteiger charge is -2.36. The van der Waals surface area contributed by atoms with Gasteiger partial charge in [-0.3, -0.25) is 0 Å². The molecule has 0 heterocycles. The smallest absolute Gasteiger partial charge is 0.101 e. The summed E-state index contributed by atoms with van der Waals surface area (Å²) in [6.45, 7) is 3.73. The highest BCUT2D eigenvalue weighted by molar-refractivity contribution is 6.49. The maximum Gasteiger partial charge on any atom is 0.121 e. The molecule has 0 bridgehead atoms. The fourth-order valence-electron chi connectivity index (χ4n) is 0.567. The minimum Gasteiger partial charge on any atom is -0.101 e. The molecule has 1 unspecified atom stereocenters. The standard InChI is InChI=1S/C5H7Cl2/c1-4-2-3-5(4,6)7/h4H,1-3H2. The molecule has 1 saturated carbocycles. The van der Waals surface area contributed by atoms with Gasteiger partial charge in [0.2, 0.25) is 0 Å². The van der Waals surface area contributed by atoms with E-state index in [0.717, 1.165) is 12.8 Å². The molecule has 0 nitrogen and oxygen atoms in total. The Morgan fingerprint density at radius 1 is 1.57 bits per heavy atom. The molecular formula is C5H7Cl2. The summed E-state index contributed by atoms with van der Waals surface area (Å²) in [5.74, 6) is 0.260. The molecule has 0 aromatic carbocycles. The Morgan fingerprint density at radius 2 is 2.00 bits per heavy atom. The molecule has 0 saturated heterocycles. The highest BCUT2D eigenvalue weighted by Gasteiger charge is 2.40. The number of halogens is 2. The van der Waals surface area contributed by atoms with Crippen molar-refractivity contribution < 1.29 is 0 Å². The maximum absolute atomic E-state index is 5.66. The van der Waals surface area contributed by atoms with E-state index in [9.17, 15) is 0 Å². The van der Waals surface area contributed by atoms with E-state index in [1.54, 1.807) is 0 Å². The topological polar surface area (TPSA) is 0 Å². The van der Waals surface area contributed by atoms with Crippen molar-refractivity contribution in [1.82, 2.24) is 0 Å². The van der Waals surface area contributed by atoms with Crippen molar-refractivity contribution in [3.05, 3.63) is 6.92 Å². The van der Waals surface area contributed by atoms with E-state index in [2.05, 4.69) is 6.92 Å². The number of hydrogen-bond acceptors (Lipinski definition) is 0. The highest BCUT2D eigenvalue weighted by atomic mass is 35.5. The van der Waals surface area contributed by atoms with Gasteiger partial charge in [0.05, 0.1) is 0 Å². The zero-order chi connectivity index (χ0) is 5.49. The molecule has 0 aromatic heterocycles. The van der Waals surface area contributed by atoms with Gasteiger partial charge in [0.25, 0.3) is 0 Å². The number of hydrogen-bond donors (Lipinski definition) is 0. The van der Waals surface area contributed by atoms with E-state index in [0.29, 0.717) is 0 Å². The van der Waals surface area contributed by atoms with Crippen LogP contribution in [0.4, 0.5) is 0 Å². The average Bonchev–Trinajstić information content (AvgIpc) is 1.63. The Bertz CT molecular complexity index is 78.1. The quantitative estimate of drug-likeness (QED) is 0.451. The van der Waals surface area contributed by atoms with Crippen molar-refractivity contribution >= 4 is 23.2 Å². The summed E-state index contributed by atoms with van der Waals surface area (Å²) in [5.41, 5.74) is 0. The third kappa shape index (κ3) is 0.872. The van der Waals surface area contributed by atoms with Gasteiger partial charge < -0.3 is 0 Å². The summed E-state index contributed by atoms with van der Waals surface area (Å²) < 4.78 is -0.486. The molecule has 0 spiro atoms. The first kappa shape index (κ1) is 5.71. The molecule has 0 amide bonds. The maximum atomic E-state index is 5.66. The van der Waals surface area contributed by atoms with Crippen molar-refractivity contribution in [2.24, 2.45) is 5.92 Å². The van der Waals surface area contributed by atoms with E-state index in [1.165, 1.54) is 0 Å². The van der Waals surface area contributed by atoms with Gasteiger partial charge in [-0.05, 0) is 25.7 Å². The molecule has 0 N–H and O–H groups in total. The van der Waals surface area contributed by atoms with Crippen molar-refractivity contribution in [2.45, 2.75) is 17.2 Å². The Morgan fingerprint density at radius 3 is 2.00 bits per heavy atom. The highest BCUT2D eigenvalue weighted by Crippen LogP contribution is 2.46. The molecule has 0 aliphatic heterocycles. The molecule has 7 heavy (non-hydrogen) atoms. The molecule has 41 valence electrons. The normalized spacial score (nSPS) is 37.3. The third-order valence-electron chi connectivity index (χ3n) is 1.42. The van der Waals surface area contributed by atoms with Crippen LogP contribution in [0, 0.1) is 12.8 Å². The fraction of sp³-hybridized carbons (Fsp3) is 0.800. The minimum absolute atomic E-state index is 0.260. The summed E-state index contributed by atoms with van der Waals surface area (Å²) in [5, 5.41) is 0. The first-order valence-electron chi connectivity index (χ1n) is 2.34. The van der Waals surface area contributed by atoms with Crippen molar-refractivity contribution in [3.63, 3.8) is 0 Å². The second kappa shape index (κ2) is 1.53. The van der Waals surface area contributed by atoms with Crippen LogP contribution in [0.2, 0.25) is 0 Å². The molecule has 1 atom stereocenters. The van der Waals surface area contributed by atoms with Gasteiger partial charge in [0.15, 0.2) is 0 Å². The first-order chi connectivity index (χ1) is 3.13. The van der Waals surface area contributed by atoms with Crippen LogP contribution in [0.25, 0.3) is 0 Å². The number of alkyl halides is 2. The van der Waals surface area contributed by atoms with Crippen molar-refractivity contribution in [3.8, 4) is 0 Å². The Kier molecular flexibility index (Phi) is 1.25. The van der Waals surface area contributed by atoms with Gasteiger partial charge >= 0.3 is 0 Å². The summed E-state index contributed by atoms with van der Waals surface area (Å²) >= 11 is 11.3. The Labute approximate surface area is 53.8 Å². The van der Waals surface area contributed by atoms with Crippen LogP contribution >= 0.6 is 23.2 Å². The fourth-order valence-corrected chi connectivity index (χ4v) is 1.00. The van der Waals surface area contributed by atoms with Crippen LogP contribution in [-0.2, 0) is 0 Å². The average molecular weight is 138 g/mol. The predicted molar refractivity (Wildman–Crippen MR) is 32.5 cm³/mol. The SMILES string of the molecule is [CH2]C1CCC1(Cl)Cl. The van der Waals surface area contributed by atoms with Gasteiger partial charge in [-0.15, -0.1) is 23.2 Å². The summed E-state index contributed by atoms with van der Waals surface area (Å²) in [6.07, 6.45) is 1.98. The first-order valence-corrected chi connectivity index (χ1v) is 3.09. The van der Waals surface area contributed by atoms with E-state index < -0.39 is 4.33 Å². The second-order valence-electron chi connectivity index (χ2n) is 2.00. The number of rotatable bonds is 0.